The van der Waals surface area contributed by atoms with E-state index in [2.05, 4.69) is 20.8 Å². The number of carbonyl (C=O) groups is 1. The summed E-state index contributed by atoms with van der Waals surface area (Å²) in [6.45, 7) is 6.15. The monoisotopic (exact) mass is 253 g/mol. The van der Waals surface area contributed by atoms with Crippen LogP contribution in [0.5, 0.6) is 0 Å². The van der Waals surface area contributed by atoms with Crippen LogP contribution < -0.4 is 5.73 Å². The zero-order valence-corrected chi connectivity index (χ0v) is 11.0. The van der Waals surface area contributed by atoms with E-state index in [1.807, 2.05) is 0 Å². The number of nitrogen functional groups attached to an aromatic ring is 1. The van der Waals surface area contributed by atoms with Crippen molar-refractivity contribution in [3.05, 3.63) is 29.6 Å². The van der Waals surface area contributed by atoms with Crippen molar-refractivity contribution >= 4 is 11.7 Å². The lowest BCUT2D eigenvalue weighted by Crippen LogP contribution is -2.15. The van der Waals surface area contributed by atoms with E-state index in [0.717, 1.165) is 5.56 Å². The fourth-order valence-corrected chi connectivity index (χ4v) is 2.07. The molecular weight excluding hydrogens is 233 g/mol. The Labute approximate surface area is 107 Å². The lowest BCUT2D eigenvalue weighted by molar-refractivity contribution is -0.137. The molecule has 0 radical (unpaired) electrons. The first-order valence-corrected chi connectivity index (χ1v) is 5.96. The molecule has 100 valence electrons. The molecule has 0 aromatic heterocycles. The first-order valence-electron chi connectivity index (χ1n) is 5.96. The molecule has 3 nitrogen and oxygen atoms in total. The van der Waals surface area contributed by atoms with Crippen LogP contribution in [0.3, 0.4) is 0 Å². The van der Waals surface area contributed by atoms with Crippen LogP contribution in [-0.2, 0) is 4.79 Å². The Morgan fingerprint density at radius 3 is 2.50 bits per heavy atom. The second-order valence-corrected chi connectivity index (χ2v) is 5.84. The molecule has 0 amide bonds. The van der Waals surface area contributed by atoms with Gasteiger partial charge in [0.15, 0.2) is 0 Å². The average molecular weight is 253 g/mol. The average Bonchev–Trinajstić information content (AvgIpc) is 2.18. The van der Waals surface area contributed by atoms with Gasteiger partial charge in [0, 0.05) is 0 Å². The Morgan fingerprint density at radius 2 is 2.06 bits per heavy atom. The smallest absolute Gasteiger partial charge is 0.303 e. The van der Waals surface area contributed by atoms with Crippen LogP contribution in [0.1, 0.15) is 45.1 Å². The van der Waals surface area contributed by atoms with Crippen molar-refractivity contribution in [2.24, 2.45) is 5.41 Å². The maximum Gasteiger partial charge on any atom is 0.303 e. The molecule has 0 aliphatic rings. The normalized spacial score (nSPS) is 13.3. The minimum absolute atomic E-state index is 0.00324. The van der Waals surface area contributed by atoms with E-state index < -0.39 is 11.8 Å². The number of rotatable bonds is 4. The van der Waals surface area contributed by atoms with E-state index in [-0.39, 0.29) is 23.4 Å². The summed E-state index contributed by atoms with van der Waals surface area (Å²) < 4.78 is 13.1. The molecule has 1 atom stereocenters. The SMILES string of the molecule is CC(C)(C)C[C@@H](CC(=O)O)c1ccc(F)c(N)c1. The molecule has 1 aromatic carbocycles. The highest BCUT2D eigenvalue weighted by Gasteiger charge is 2.23. The van der Waals surface area contributed by atoms with Crippen LogP contribution in [0.4, 0.5) is 10.1 Å². The minimum atomic E-state index is -0.854. The van der Waals surface area contributed by atoms with Crippen molar-refractivity contribution in [3.63, 3.8) is 0 Å². The summed E-state index contributed by atoms with van der Waals surface area (Å²) >= 11 is 0. The van der Waals surface area contributed by atoms with Gasteiger partial charge in [0.1, 0.15) is 5.82 Å². The highest BCUT2D eigenvalue weighted by molar-refractivity contribution is 5.68. The first kappa shape index (κ1) is 14.5. The summed E-state index contributed by atoms with van der Waals surface area (Å²) in [4.78, 5) is 10.9. The number of carboxylic acids is 1. The Hall–Kier alpha value is -1.58. The van der Waals surface area contributed by atoms with Gasteiger partial charge in [0.05, 0.1) is 12.1 Å². The van der Waals surface area contributed by atoms with Crippen LogP contribution in [0.2, 0.25) is 0 Å². The van der Waals surface area contributed by atoms with Gasteiger partial charge < -0.3 is 10.8 Å². The molecule has 0 aliphatic heterocycles. The molecule has 0 saturated heterocycles. The zero-order valence-electron chi connectivity index (χ0n) is 11.0. The number of nitrogens with two attached hydrogens (primary N) is 1. The number of hydrogen-bond donors (Lipinski definition) is 2. The predicted octanol–water partition coefficient (Wildman–Crippen LogP) is 3.40. The minimum Gasteiger partial charge on any atom is -0.481 e. The Morgan fingerprint density at radius 1 is 1.44 bits per heavy atom. The van der Waals surface area contributed by atoms with Crippen LogP contribution in [0, 0.1) is 11.2 Å². The molecule has 0 aliphatic carbocycles. The van der Waals surface area contributed by atoms with Gasteiger partial charge in [0.25, 0.3) is 0 Å². The molecule has 4 heteroatoms. The van der Waals surface area contributed by atoms with E-state index in [1.165, 1.54) is 12.1 Å². The van der Waals surface area contributed by atoms with Gasteiger partial charge in [-0.2, -0.15) is 0 Å². The molecule has 0 heterocycles. The topological polar surface area (TPSA) is 63.3 Å². The molecule has 1 rings (SSSR count). The predicted molar refractivity (Wildman–Crippen MR) is 69.9 cm³/mol. The number of hydrogen-bond acceptors (Lipinski definition) is 2. The number of aliphatic carboxylic acids is 1. The summed E-state index contributed by atoms with van der Waals surface area (Å²) in [5.74, 6) is -1.47. The summed E-state index contributed by atoms with van der Waals surface area (Å²) in [5.41, 5.74) is 6.38. The standard InChI is InChI=1S/C14H20FNO2/c1-14(2,3)8-10(7-13(17)18)9-4-5-11(15)12(16)6-9/h4-6,10H,7-8,16H2,1-3H3,(H,17,18)/t10-/m1/s1. The third kappa shape index (κ3) is 4.35. The molecule has 0 bridgehead atoms. The molecule has 0 saturated carbocycles. The lowest BCUT2D eigenvalue weighted by Gasteiger charge is -2.25. The maximum atomic E-state index is 13.1. The second-order valence-electron chi connectivity index (χ2n) is 5.84. The first-order chi connectivity index (χ1) is 8.19. The van der Waals surface area contributed by atoms with E-state index in [4.69, 9.17) is 10.8 Å². The van der Waals surface area contributed by atoms with Crippen molar-refractivity contribution in [3.8, 4) is 0 Å². The van der Waals surface area contributed by atoms with Gasteiger partial charge >= 0.3 is 5.97 Å². The maximum absolute atomic E-state index is 13.1. The highest BCUT2D eigenvalue weighted by atomic mass is 19.1. The zero-order chi connectivity index (χ0) is 13.9. The van der Waals surface area contributed by atoms with Crippen LogP contribution in [-0.4, -0.2) is 11.1 Å². The Bertz CT molecular complexity index is 438. The van der Waals surface area contributed by atoms with E-state index in [9.17, 15) is 9.18 Å². The molecule has 1 aromatic rings. The van der Waals surface area contributed by atoms with Gasteiger partial charge in [-0.1, -0.05) is 26.8 Å². The molecular formula is C14H20FNO2. The Kier molecular flexibility index (Phi) is 4.33. The molecule has 3 N–H and O–H groups in total. The van der Waals surface area contributed by atoms with Gasteiger partial charge in [0.2, 0.25) is 0 Å². The third-order valence-electron chi connectivity index (χ3n) is 2.77. The summed E-state index contributed by atoms with van der Waals surface area (Å²) in [7, 11) is 0. The largest absolute Gasteiger partial charge is 0.481 e. The molecule has 18 heavy (non-hydrogen) atoms. The van der Waals surface area contributed by atoms with Gasteiger partial charge in [-0.05, 0) is 35.4 Å². The summed E-state index contributed by atoms with van der Waals surface area (Å²) in [6.07, 6.45) is 0.743. The fraction of sp³-hybridized carbons (Fsp3) is 0.500. The fourth-order valence-electron chi connectivity index (χ4n) is 2.07. The van der Waals surface area contributed by atoms with Crippen molar-refractivity contribution < 1.29 is 14.3 Å². The number of carboxylic acid groups (broad SMARTS) is 1. The number of benzene rings is 1. The molecule has 0 spiro atoms. The van der Waals surface area contributed by atoms with E-state index in [0.29, 0.717) is 6.42 Å². The number of halogens is 1. The van der Waals surface area contributed by atoms with Gasteiger partial charge in [-0.15, -0.1) is 0 Å². The number of anilines is 1. The Balaban J connectivity index is 3.01. The van der Waals surface area contributed by atoms with Crippen molar-refractivity contribution in [1.82, 2.24) is 0 Å². The highest BCUT2D eigenvalue weighted by Crippen LogP contribution is 2.34. The molecule has 0 unspecified atom stereocenters. The summed E-state index contributed by atoms with van der Waals surface area (Å²) in [5, 5.41) is 8.96. The van der Waals surface area contributed by atoms with Crippen LogP contribution in [0.15, 0.2) is 18.2 Å². The lowest BCUT2D eigenvalue weighted by atomic mass is 9.80. The van der Waals surface area contributed by atoms with Crippen molar-refractivity contribution in [2.45, 2.75) is 39.5 Å². The molecule has 0 fully saturated rings. The van der Waals surface area contributed by atoms with Gasteiger partial charge in [-0.3, -0.25) is 4.79 Å². The van der Waals surface area contributed by atoms with Crippen molar-refractivity contribution in [1.29, 1.82) is 0 Å². The third-order valence-corrected chi connectivity index (χ3v) is 2.77. The van der Waals surface area contributed by atoms with E-state index >= 15 is 0 Å². The quantitative estimate of drug-likeness (QED) is 0.808. The van der Waals surface area contributed by atoms with Gasteiger partial charge in [-0.25, -0.2) is 4.39 Å². The van der Waals surface area contributed by atoms with E-state index in [1.54, 1.807) is 6.07 Å². The summed E-state index contributed by atoms with van der Waals surface area (Å²) in [6, 6.07) is 4.45. The van der Waals surface area contributed by atoms with Crippen molar-refractivity contribution in [2.75, 3.05) is 5.73 Å². The van der Waals surface area contributed by atoms with Crippen LogP contribution >= 0.6 is 0 Å². The second kappa shape index (κ2) is 5.38. The van der Waals surface area contributed by atoms with Crippen LogP contribution in [0.25, 0.3) is 0 Å².